The number of nitrogens with zero attached hydrogens (tertiary/aromatic N) is 4. The lowest BCUT2D eigenvalue weighted by Crippen LogP contribution is -2.12. The summed E-state index contributed by atoms with van der Waals surface area (Å²) in [5.41, 5.74) is 1.15. The van der Waals surface area contributed by atoms with Crippen molar-refractivity contribution in [1.29, 1.82) is 0 Å². The van der Waals surface area contributed by atoms with Crippen LogP contribution in [-0.2, 0) is 23.6 Å². The van der Waals surface area contributed by atoms with E-state index < -0.39 is 5.97 Å². The second-order valence-electron chi connectivity index (χ2n) is 4.33. The topological polar surface area (TPSA) is 91.0 Å². The highest BCUT2D eigenvalue weighted by Gasteiger charge is 2.17. The number of methoxy groups -OCH3 is 1. The second kappa shape index (κ2) is 6.04. The maximum Gasteiger partial charge on any atom is 0.360 e. The van der Waals surface area contributed by atoms with Crippen molar-refractivity contribution in [1.82, 2.24) is 19.6 Å². The fraction of sp³-hybridized carbons (Fsp3) is 0.231. The molecule has 0 saturated heterocycles. The number of hydrogen-bond donors (Lipinski definition) is 1. The Balaban J connectivity index is 2.09. The third-order valence-corrected chi connectivity index (χ3v) is 2.62. The summed E-state index contributed by atoms with van der Waals surface area (Å²) in [6, 6.07) is 0. The Morgan fingerprint density at radius 2 is 2.05 bits per heavy atom. The van der Waals surface area contributed by atoms with Crippen LogP contribution in [0.2, 0.25) is 0 Å². The van der Waals surface area contributed by atoms with Crippen LogP contribution in [0.5, 0.6) is 0 Å². The van der Waals surface area contributed by atoms with Gasteiger partial charge in [0.15, 0.2) is 5.69 Å². The number of hydrogen-bond acceptors (Lipinski definition) is 5. The predicted octanol–water partition coefficient (Wildman–Crippen LogP) is 0.592. The summed E-state index contributed by atoms with van der Waals surface area (Å²) >= 11 is 0. The largest absolute Gasteiger partial charge is 0.464 e. The molecule has 0 bridgehead atoms. The molecule has 21 heavy (non-hydrogen) atoms. The highest BCUT2D eigenvalue weighted by Crippen LogP contribution is 2.14. The Kier molecular flexibility index (Phi) is 4.17. The van der Waals surface area contributed by atoms with Gasteiger partial charge in [-0.25, -0.2) is 4.79 Å². The molecule has 2 aromatic rings. The molecule has 0 fully saturated rings. The van der Waals surface area contributed by atoms with E-state index in [1.54, 1.807) is 37.2 Å². The third kappa shape index (κ3) is 3.56. The fourth-order valence-electron chi connectivity index (χ4n) is 1.70. The van der Waals surface area contributed by atoms with Crippen LogP contribution < -0.4 is 5.32 Å². The van der Waals surface area contributed by atoms with E-state index in [9.17, 15) is 9.59 Å². The summed E-state index contributed by atoms with van der Waals surface area (Å²) in [5.74, 6) is -0.987. The highest BCUT2D eigenvalue weighted by atomic mass is 16.5. The lowest BCUT2D eigenvalue weighted by Gasteiger charge is -2.00. The summed E-state index contributed by atoms with van der Waals surface area (Å²) in [6.07, 6.45) is 7.91. The normalized spacial score (nSPS) is 10.8. The average Bonchev–Trinajstić information content (AvgIpc) is 3.01. The van der Waals surface area contributed by atoms with Crippen LogP contribution in [0.15, 0.2) is 24.7 Å². The van der Waals surface area contributed by atoms with Crippen molar-refractivity contribution in [3.8, 4) is 0 Å². The molecule has 0 aromatic carbocycles. The van der Waals surface area contributed by atoms with Crippen LogP contribution in [0.3, 0.4) is 0 Å². The lowest BCUT2D eigenvalue weighted by atomic mass is 10.3. The van der Waals surface area contributed by atoms with Crippen LogP contribution in [0.25, 0.3) is 6.08 Å². The van der Waals surface area contributed by atoms with Gasteiger partial charge in [-0.3, -0.25) is 14.2 Å². The van der Waals surface area contributed by atoms with Gasteiger partial charge in [-0.15, -0.1) is 0 Å². The van der Waals surface area contributed by atoms with Crippen molar-refractivity contribution in [3.63, 3.8) is 0 Å². The number of aromatic nitrogens is 4. The maximum absolute atomic E-state index is 11.9. The average molecular weight is 289 g/mol. The Morgan fingerprint density at radius 1 is 1.29 bits per heavy atom. The van der Waals surface area contributed by atoms with Crippen molar-refractivity contribution in [2.24, 2.45) is 14.1 Å². The fourth-order valence-corrected chi connectivity index (χ4v) is 1.70. The molecule has 8 heteroatoms. The monoisotopic (exact) mass is 289 g/mol. The zero-order chi connectivity index (χ0) is 15.4. The van der Waals surface area contributed by atoms with Crippen molar-refractivity contribution in [2.45, 2.75) is 0 Å². The first-order valence-electron chi connectivity index (χ1n) is 6.09. The number of carbonyl (C=O) groups excluding carboxylic acids is 2. The van der Waals surface area contributed by atoms with E-state index in [2.05, 4.69) is 20.3 Å². The first-order chi connectivity index (χ1) is 9.99. The van der Waals surface area contributed by atoms with Crippen LogP contribution in [0, 0.1) is 0 Å². The van der Waals surface area contributed by atoms with Crippen LogP contribution in [-0.4, -0.2) is 38.5 Å². The number of rotatable bonds is 4. The van der Waals surface area contributed by atoms with Crippen molar-refractivity contribution >= 4 is 23.6 Å². The van der Waals surface area contributed by atoms with Gasteiger partial charge in [-0.1, -0.05) is 0 Å². The van der Waals surface area contributed by atoms with E-state index in [0.717, 1.165) is 5.56 Å². The molecule has 0 aliphatic heterocycles. The van der Waals surface area contributed by atoms with Crippen molar-refractivity contribution in [2.75, 3.05) is 12.4 Å². The van der Waals surface area contributed by atoms with Crippen molar-refractivity contribution < 1.29 is 14.3 Å². The maximum atomic E-state index is 11.9. The zero-order valence-corrected chi connectivity index (χ0v) is 11.9. The summed E-state index contributed by atoms with van der Waals surface area (Å²) in [6.45, 7) is 0. The minimum absolute atomic E-state index is 0.0585. The SMILES string of the molecule is COC(=O)c1nn(C)cc1NC(=O)/C=C/c1cnn(C)c1. The van der Waals surface area contributed by atoms with Gasteiger partial charge in [0.05, 0.1) is 19.0 Å². The smallest absolute Gasteiger partial charge is 0.360 e. The van der Waals surface area contributed by atoms with Gasteiger partial charge in [-0.05, 0) is 6.08 Å². The molecule has 8 nitrogen and oxygen atoms in total. The number of aryl methyl sites for hydroxylation is 2. The standard InChI is InChI=1S/C13H15N5O3/c1-17-7-9(6-14-17)4-5-11(19)15-10-8-18(2)16-12(10)13(20)21-3/h4-8H,1-3H3,(H,15,19)/b5-4+. The van der Waals surface area contributed by atoms with Gasteiger partial charge in [-0.2, -0.15) is 10.2 Å². The Labute approximate surface area is 121 Å². The third-order valence-electron chi connectivity index (χ3n) is 2.62. The summed E-state index contributed by atoms with van der Waals surface area (Å²) in [4.78, 5) is 23.4. The lowest BCUT2D eigenvalue weighted by molar-refractivity contribution is -0.111. The molecule has 2 aromatic heterocycles. The van der Waals surface area contributed by atoms with Gasteiger partial charge >= 0.3 is 5.97 Å². The van der Waals surface area contributed by atoms with Gasteiger partial charge in [0.25, 0.3) is 0 Å². The Hall–Kier alpha value is -2.90. The molecule has 0 radical (unpaired) electrons. The molecular weight excluding hydrogens is 274 g/mol. The molecule has 0 unspecified atom stereocenters. The minimum Gasteiger partial charge on any atom is -0.464 e. The quantitative estimate of drug-likeness (QED) is 0.657. The predicted molar refractivity (Wildman–Crippen MR) is 75.4 cm³/mol. The van der Waals surface area contributed by atoms with Gasteiger partial charge < -0.3 is 10.1 Å². The molecule has 0 saturated carbocycles. The number of ether oxygens (including phenoxy) is 1. The van der Waals surface area contributed by atoms with Gasteiger partial charge in [0.1, 0.15) is 0 Å². The summed E-state index contributed by atoms with van der Waals surface area (Å²) in [5, 5.41) is 10.5. The number of carbonyl (C=O) groups is 2. The molecule has 1 amide bonds. The summed E-state index contributed by atoms with van der Waals surface area (Å²) in [7, 11) is 4.69. The van der Waals surface area contributed by atoms with Crippen LogP contribution in [0.4, 0.5) is 5.69 Å². The number of amides is 1. The molecule has 110 valence electrons. The first-order valence-corrected chi connectivity index (χ1v) is 6.09. The van der Waals surface area contributed by atoms with E-state index >= 15 is 0 Å². The molecule has 0 spiro atoms. The molecule has 2 rings (SSSR count). The summed E-state index contributed by atoms with van der Waals surface area (Å²) < 4.78 is 7.67. The van der Waals surface area contributed by atoms with Crippen LogP contribution >= 0.6 is 0 Å². The Bertz CT molecular complexity index is 698. The highest BCUT2D eigenvalue weighted by molar-refractivity contribution is 6.05. The molecular formula is C13H15N5O3. The van der Waals surface area contributed by atoms with E-state index in [4.69, 9.17) is 0 Å². The van der Waals surface area contributed by atoms with Crippen molar-refractivity contribution in [3.05, 3.63) is 35.9 Å². The van der Waals surface area contributed by atoms with E-state index in [1.165, 1.54) is 24.1 Å². The minimum atomic E-state index is -0.609. The molecule has 2 heterocycles. The molecule has 0 aliphatic rings. The van der Waals surface area contributed by atoms with E-state index in [-0.39, 0.29) is 11.6 Å². The van der Waals surface area contributed by atoms with E-state index in [0.29, 0.717) is 5.69 Å². The second-order valence-corrected chi connectivity index (χ2v) is 4.33. The van der Waals surface area contributed by atoms with Gasteiger partial charge in [0, 0.05) is 38.1 Å². The first kappa shape index (κ1) is 14.5. The number of nitrogens with one attached hydrogen (secondary N) is 1. The number of esters is 1. The molecule has 0 aliphatic carbocycles. The molecule has 1 N–H and O–H groups in total. The number of anilines is 1. The van der Waals surface area contributed by atoms with Gasteiger partial charge in [0.2, 0.25) is 5.91 Å². The molecule has 0 atom stereocenters. The van der Waals surface area contributed by atoms with E-state index in [1.807, 2.05) is 0 Å². The zero-order valence-electron chi connectivity index (χ0n) is 11.9. The Morgan fingerprint density at radius 3 is 2.67 bits per heavy atom. The van der Waals surface area contributed by atoms with Crippen LogP contribution in [0.1, 0.15) is 16.1 Å².